The van der Waals surface area contributed by atoms with Crippen LogP contribution in [0.5, 0.6) is 0 Å². The van der Waals surface area contributed by atoms with Gasteiger partial charge in [0.05, 0.1) is 42.9 Å². The lowest BCUT2D eigenvalue weighted by atomic mass is 9.76. The Balaban J connectivity index is 1.32. The van der Waals surface area contributed by atoms with Gasteiger partial charge in [0.15, 0.2) is 0 Å². The lowest BCUT2D eigenvalue weighted by Crippen LogP contribution is -2.28. The van der Waals surface area contributed by atoms with Gasteiger partial charge in [-0.25, -0.2) is 9.37 Å². The number of aromatic nitrogens is 2. The molecule has 3 aromatic rings. The number of imidazole rings is 1. The molecule has 0 spiro atoms. The van der Waals surface area contributed by atoms with Crippen LogP contribution in [0.1, 0.15) is 55.2 Å². The van der Waals surface area contributed by atoms with Crippen molar-refractivity contribution in [3.05, 3.63) is 66.3 Å². The number of aliphatic hydroxyl groups excluding tert-OH is 1. The average Bonchev–Trinajstić information content (AvgIpc) is 3.41. The topological polar surface area (TPSA) is 51.2 Å². The first-order chi connectivity index (χ1) is 13.2. The Morgan fingerprint density at radius 3 is 2.85 bits per heavy atom. The van der Waals surface area contributed by atoms with E-state index >= 15 is 0 Å². The number of hydrogen-bond donors (Lipinski definition) is 1. The first-order valence-electron chi connectivity index (χ1n) is 9.73. The molecule has 27 heavy (non-hydrogen) atoms. The van der Waals surface area contributed by atoms with Gasteiger partial charge >= 0.3 is 0 Å². The van der Waals surface area contributed by atoms with Crippen LogP contribution in [0.25, 0.3) is 11.3 Å². The molecule has 1 fully saturated rings. The molecule has 3 heterocycles. The molecule has 2 atom stereocenters. The van der Waals surface area contributed by atoms with E-state index in [0.29, 0.717) is 17.9 Å². The second-order valence-electron chi connectivity index (χ2n) is 7.87. The number of furan rings is 1. The summed E-state index contributed by atoms with van der Waals surface area (Å²) in [6.07, 6.45) is 11.3. The van der Waals surface area contributed by atoms with Crippen molar-refractivity contribution in [3.8, 4) is 11.3 Å². The fourth-order valence-corrected chi connectivity index (χ4v) is 5.00. The van der Waals surface area contributed by atoms with E-state index < -0.39 is 6.10 Å². The number of fused-ring (bicyclic) bond motifs is 3. The molecule has 1 aromatic carbocycles. The molecule has 2 unspecified atom stereocenters. The summed E-state index contributed by atoms with van der Waals surface area (Å²) in [4.78, 5) is 4.23. The third-order valence-electron chi connectivity index (χ3n) is 6.46. The first-order valence-corrected chi connectivity index (χ1v) is 9.73. The molecule has 2 aromatic heterocycles. The number of rotatable bonds is 4. The summed E-state index contributed by atoms with van der Waals surface area (Å²) in [5.41, 5.74) is 3.79. The summed E-state index contributed by atoms with van der Waals surface area (Å²) in [6, 6.07) is 7.05. The van der Waals surface area contributed by atoms with Crippen molar-refractivity contribution in [3.63, 3.8) is 0 Å². The zero-order chi connectivity index (χ0) is 18.4. The number of aliphatic hydroxyl groups is 1. The molecular formula is C22H23FN2O2. The Bertz CT molecular complexity index is 926. The lowest BCUT2D eigenvalue weighted by Gasteiger charge is -2.32. The smallest absolute Gasteiger partial charge is 0.129 e. The molecule has 4 nitrogen and oxygen atoms in total. The van der Waals surface area contributed by atoms with Gasteiger partial charge in [0.2, 0.25) is 0 Å². The van der Waals surface area contributed by atoms with E-state index in [4.69, 9.17) is 4.42 Å². The van der Waals surface area contributed by atoms with E-state index in [2.05, 4.69) is 4.98 Å². The molecule has 1 aliphatic carbocycles. The SMILES string of the molecule is OC(CC1c2c(F)cccc2-c2cncn21)C1CCC(c2ccoc2)CC1. The third-order valence-corrected chi connectivity index (χ3v) is 6.46. The third kappa shape index (κ3) is 2.81. The quantitative estimate of drug-likeness (QED) is 0.714. The van der Waals surface area contributed by atoms with Gasteiger partial charge in [-0.15, -0.1) is 0 Å². The van der Waals surface area contributed by atoms with Crippen LogP contribution in [0.3, 0.4) is 0 Å². The largest absolute Gasteiger partial charge is 0.472 e. The maximum absolute atomic E-state index is 14.6. The van der Waals surface area contributed by atoms with E-state index in [9.17, 15) is 9.50 Å². The van der Waals surface area contributed by atoms with Crippen LogP contribution in [-0.4, -0.2) is 20.8 Å². The summed E-state index contributed by atoms with van der Waals surface area (Å²) in [7, 11) is 0. The molecule has 0 bridgehead atoms. The normalized spacial score (nSPS) is 25.2. The van der Waals surface area contributed by atoms with Crippen LogP contribution in [0.2, 0.25) is 0 Å². The Morgan fingerprint density at radius 2 is 2.07 bits per heavy atom. The fraction of sp³-hybridized carbons (Fsp3) is 0.409. The number of nitrogens with zero attached hydrogens (tertiary/aromatic N) is 2. The van der Waals surface area contributed by atoms with Gasteiger partial charge in [-0.1, -0.05) is 12.1 Å². The summed E-state index contributed by atoms with van der Waals surface area (Å²) in [5.74, 6) is 0.588. The highest BCUT2D eigenvalue weighted by Gasteiger charge is 2.35. The van der Waals surface area contributed by atoms with Crippen LogP contribution < -0.4 is 0 Å². The molecule has 0 amide bonds. The number of benzene rings is 1. The molecule has 2 aliphatic rings. The van der Waals surface area contributed by atoms with E-state index in [1.54, 1.807) is 24.9 Å². The minimum Gasteiger partial charge on any atom is -0.472 e. The number of hydrogen-bond acceptors (Lipinski definition) is 3. The van der Waals surface area contributed by atoms with Crippen molar-refractivity contribution in [1.29, 1.82) is 0 Å². The minimum absolute atomic E-state index is 0.180. The van der Waals surface area contributed by atoms with Crippen molar-refractivity contribution < 1.29 is 13.9 Å². The van der Waals surface area contributed by atoms with E-state index in [0.717, 1.165) is 36.9 Å². The fourth-order valence-electron chi connectivity index (χ4n) is 5.00. The van der Waals surface area contributed by atoms with Gasteiger partial charge in [-0.2, -0.15) is 0 Å². The monoisotopic (exact) mass is 366 g/mol. The van der Waals surface area contributed by atoms with Crippen molar-refractivity contribution in [2.24, 2.45) is 5.92 Å². The summed E-state index contributed by atoms with van der Waals surface area (Å²) in [5, 5.41) is 11.0. The molecular weight excluding hydrogens is 343 g/mol. The van der Waals surface area contributed by atoms with Crippen LogP contribution in [-0.2, 0) is 0 Å². The molecule has 0 saturated heterocycles. The molecule has 1 N–H and O–H groups in total. The Morgan fingerprint density at radius 1 is 1.22 bits per heavy atom. The van der Waals surface area contributed by atoms with Crippen LogP contribution in [0.4, 0.5) is 4.39 Å². The van der Waals surface area contributed by atoms with Gasteiger partial charge in [0, 0.05) is 11.1 Å². The maximum atomic E-state index is 14.6. The van der Waals surface area contributed by atoms with Crippen molar-refractivity contribution in [2.75, 3.05) is 0 Å². The molecule has 140 valence electrons. The van der Waals surface area contributed by atoms with Gasteiger partial charge < -0.3 is 14.1 Å². The predicted octanol–water partition coefficient (Wildman–Crippen LogP) is 4.91. The molecule has 1 saturated carbocycles. The highest BCUT2D eigenvalue weighted by atomic mass is 19.1. The standard InChI is InChI=1S/C22H23FN2O2/c23-18-3-1-2-17-20-11-24-13-25(20)19(22(17)18)10-21(26)15-6-4-14(5-7-15)16-8-9-27-12-16/h1-3,8-9,11-15,19,21,26H,4-7,10H2. The average molecular weight is 366 g/mol. The van der Waals surface area contributed by atoms with Gasteiger partial charge in [-0.3, -0.25) is 0 Å². The van der Waals surface area contributed by atoms with E-state index in [1.165, 1.54) is 11.6 Å². The highest BCUT2D eigenvalue weighted by molar-refractivity contribution is 5.69. The predicted molar refractivity (Wildman–Crippen MR) is 99.8 cm³/mol. The Kier molecular flexibility index (Phi) is 4.12. The zero-order valence-electron chi connectivity index (χ0n) is 15.1. The van der Waals surface area contributed by atoms with Crippen molar-refractivity contribution in [2.45, 2.75) is 50.2 Å². The highest BCUT2D eigenvalue weighted by Crippen LogP contribution is 2.45. The summed E-state index contributed by atoms with van der Waals surface area (Å²) >= 11 is 0. The Labute approximate surface area is 157 Å². The second kappa shape index (κ2) is 6.64. The zero-order valence-corrected chi connectivity index (χ0v) is 15.1. The molecule has 1 aliphatic heterocycles. The molecule has 5 rings (SSSR count). The summed E-state index contributed by atoms with van der Waals surface area (Å²) < 4.78 is 21.8. The van der Waals surface area contributed by atoms with Crippen LogP contribution in [0, 0.1) is 11.7 Å². The molecule has 5 heteroatoms. The van der Waals surface area contributed by atoms with Crippen LogP contribution in [0.15, 0.2) is 53.7 Å². The van der Waals surface area contributed by atoms with Gasteiger partial charge in [0.1, 0.15) is 5.82 Å². The Hall–Kier alpha value is -2.40. The maximum Gasteiger partial charge on any atom is 0.129 e. The van der Waals surface area contributed by atoms with Crippen LogP contribution >= 0.6 is 0 Å². The first kappa shape index (κ1) is 16.8. The lowest BCUT2D eigenvalue weighted by molar-refractivity contribution is 0.0650. The molecule has 0 radical (unpaired) electrons. The minimum atomic E-state index is -0.443. The van der Waals surface area contributed by atoms with E-state index in [-0.39, 0.29) is 17.8 Å². The van der Waals surface area contributed by atoms with Gasteiger partial charge in [-0.05, 0) is 61.6 Å². The second-order valence-corrected chi connectivity index (χ2v) is 7.87. The number of halogens is 1. The van der Waals surface area contributed by atoms with Crippen molar-refractivity contribution >= 4 is 0 Å². The van der Waals surface area contributed by atoms with E-state index in [1.807, 2.05) is 23.0 Å². The van der Waals surface area contributed by atoms with Crippen molar-refractivity contribution in [1.82, 2.24) is 9.55 Å². The summed E-state index contributed by atoms with van der Waals surface area (Å²) in [6.45, 7) is 0. The van der Waals surface area contributed by atoms with Gasteiger partial charge in [0.25, 0.3) is 0 Å².